The maximum absolute atomic E-state index is 12.8. The molecule has 1 aliphatic rings. The van der Waals surface area contributed by atoms with Crippen molar-refractivity contribution in [3.8, 4) is 0 Å². The van der Waals surface area contributed by atoms with E-state index in [1.807, 2.05) is 0 Å². The molecule has 59 heavy (non-hydrogen) atoms. The summed E-state index contributed by atoms with van der Waals surface area (Å²) in [5.41, 5.74) is 0. The summed E-state index contributed by atoms with van der Waals surface area (Å²) in [7, 11) is -5.06. The second-order valence-corrected chi connectivity index (χ2v) is 17.0. The van der Waals surface area contributed by atoms with Crippen LogP contribution in [0.5, 0.6) is 0 Å². The van der Waals surface area contributed by atoms with E-state index in [9.17, 15) is 28.5 Å². The number of rotatable bonds is 40. The van der Waals surface area contributed by atoms with Gasteiger partial charge in [-0.05, 0) is 44.9 Å². The van der Waals surface area contributed by atoms with E-state index in [1.54, 1.807) is 0 Å². The molecule has 1 fully saturated rings. The highest BCUT2D eigenvalue weighted by molar-refractivity contribution is 7.80. The number of aliphatic hydroxyl groups is 3. The molecular weight excluding hydrogens is 777 g/mol. The van der Waals surface area contributed by atoms with Crippen LogP contribution in [0.2, 0.25) is 0 Å². The van der Waals surface area contributed by atoms with E-state index in [0.717, 1.165) is 64.2 Å². The number of esters is 1. The van der Waals surface area contributed by atoms with Crippen molar-refractivity contribution in [1.29, 1.82) is 0 Å². The van der Waals surface area contributed by atoms with Gasteiger partial charge in [-0.3, -0.25) is 9.35 Å². The lowest BCUT2D eigenvalue weighted by Gasteiger charge is -2.41. The fourth-order valence-electron chi connectivity index (χ4n) is 7.04. The zero-order valence-electron chi connectivity index (χ0n) is 36.8. The van der Waals surface area contributed by atoms with E-state index in [4.69, 9.17) is 23.5 Å². The Hall–Kier alpha value is -1.68. The van der Waals surface area contributed by atoms with Gasteiger partial charge in [-0.2, -0.15) is 8.42 Å². The number of unbranched alkanes of at least 4 members (excludes halogenated alkanes) is 21. The first-order chi connectivity index (χ1) is 28.6. The molecule has 0 aromatic rings. The van der Waals surface area contributed by atoms with Crippen molar-refractivity contribution >= 4 is 16.4 Å². The van der Waals surface area contributed by atoms with Crippen molar-refractivity contribution in [2.24, 2.45) is 0 Å². The number of hydrogen-bond donors (Lipinski definition) is 4. The molecule has 13 heteroatoms. The summed E-state index contributed by atoms with van der Waals surface area (Å²) in [5, 5.41) is 30.7. The fraction of sp³-hybridized carbons (Fsp3) is 0.848. The first-order valence-electron chi connectivity index (χ1n) is 23.2. The number of allylic oxidation sites excluding steroid dienone is 6. The average molecular weight is 861 g/mol. The Bertz CT molecular complexity index is 1180. The highest BCUT2D eigenvalue weighted by Gasteiger charge is 2.48. The van der Waals surface area contributed by atoms with Crippen LogP contribution in [0.3, 0.4) is 0 Å². The predicted octanol–water partition coefficient (Wildman–Crippen LogP) is 9.80. The highest BCUT2D eigenvalue weighted by atomic mass is 32.3. The number of aliphatic hydroxyl groups excluding tert-OH is 3. The highest BCUT2D eigenvalue weighted by Crippen LogP contribution is 2.26. The molecule has 4 N–H and O–H groups in total. The summed E-state index contributed by atoms with van der Waals surface area (Å²) < 4.78 is 59.1. The van der Waals surface area contributed by atoms with Gasteiger partial charge in [0.1, 0.15) is 30.5 Å². The molecule has 1 saturated heterocycles. The maximum Gasteiger partial charge on any atom is 0.397 e. The molecule has 6 atom stereocenters. The first-order valence-corrected chi connectivity index (χ1v) is 24.6. The Morgan fingerprint density at radius 1 is 0.661 bits per heavy atom. The van der Waals surface area contributed by atoms with Crippen LogP contribution in [-0.4, -0.2) is 97.5 Å². The maximum atomic E-state index is 12.8. The topological polar surface area (TPSA) is 178 Å². The first kappa shape index (κ1) is 55.3. The van der Waals surface area contributed by atoms with Gasteiger partial charge in [-0.15, -0.1) is 0 Å². The van der Waals surface area contributed by atoms with Gasteiger partial charge in [0, 0.05) is 13.0 Å². The van der Waals surface area contributed by atoms with Crippen LogP contribution in [0.25, 0.3) is 0 Å². The van der Waals surface area contributed by atoms with Crippen molar-refractivity contribution in [3.63, 3.8) is 0 Å². The molecule has 0 radical (unpaired) electrons. The molecule has 1 rings (SSSR count). The largest absolute Gasteiger partial charge is 0.457 e. The van der Waals surface area contributed by atoms with Crippen molar-refractivity contribution in [3.05, 3.63) is 36.5 Å². The van der Waals surface area contributed by atoms with Crippen molar-refractivity contribution in [2.75, 3.05) is 26.4 Å². The standard InChI is InChI=1S/C46H84O12S/c1-3-5-7-9-11-13-15-17-19-20-21-22-24-26-28-30-32-34-36-54-38-40(39-55-46-44(50)45(58-59(51,52)53)43(49)41(37-47)57-46)56-42(48)35-33-31-29-27-25-23-18-16-14-12-10-8-6-4-2/h5,7,11,13,17,19,40-41,43-47,49-50H,3-4,6,8-10,12,14-16,18,20-39H2,1-2H3,(H,51,52,53)/b7-5-,13-11-,19-17-. The Morgan fingerprint density at radius 3 is 1.71 bits per heavy atom. The minimum atomic E-state index is -5.06. The molecule has 1 aliphatic heterocycles. The van der Waals surface area contributed by atoms with Gasteiger partial charge < -0.3 is 34.3 Å². The second-order valence-electron chi connectivity index (χ2n) is 16.0. The Labute approximate surface area is 358 Å². The van der Waals surface area contributed by atoms with Crippen LogP contribution in [0, 0.1) is 0 Å². The van der Waals surface area contributed by atoms with Crippen molar-refractivity contribution in [2.45, 2.75) is 224 Å². The smallest absolute Gasteiger partial charge is 0.397 e. The van der Waals surface area contributed by atoms with E-state index < -0.39 is 59.8 Å². The molecule has 346 valence electrons. The molecule has 0 saturated carbocycles. The molecule has 0 aliphatic carbocycles. The summed E-state index contributed by atoms with van der Waals surface area (Å²) in [6.07, 6.45) is 34.6. The van der Waals surface area contributed by atoms with Gasteiger partial charge >= 0.3 is 16.4 Å². The molecule has 12 nitrogen and oxygen atoms in total. The van der Waals surface area contributed by atoms with E-state index in [-0.39, 0.29) is 19.6 Å². The summed E-state index contributed by atoms with van der Waals surface area (Å²) in [6.45, 7) is 3.87. The third kappa shape index (κ3) is 31.8. The normalized spacial score (nSPS) is 20.7. The SMILES string of the molecule is CC/C=C\C/C=C\C/C=C\CCCCCCCCCCOCC(COC1OC(CO)C(O)C(OS(=O)(=O)O)C1O)OC(=O)CCCCCCCCCCCCCCCC. The van der Waals surface area contributed by atoms with Gasteiger partial charge in [0.15, 0.2) is 6.29 Å². The molecule has 0 aromatic carbocycles. The monoisotopic (exact) mass is 861 g/mol. The molecule has 1 heterocycles. The minimum Gasteiger partial charge on any atom is -0.457 e. The van der Waals surface area contributed by atoms with E-state index >= 15 is 0 Å². The lowest BCUT2D eigenvalue weighted by Crippen LogP contribution is -2.60. The second kappa shape index (κ2) is 38.0. The summed E-state index contributed by atoms with van der Waals surface area (Å²) in [4.78, 5) is 12.8. The molecule has 0 bridgehead atoms. The van der Waals surface area contributed by atoms with E-state index in [1.165, 1.54) is 96.3 Å². The lowest BCUT2D eigenvalue weighted by atomic mass is 9.99. The summed E-state index contributed by atoms with van der Waals surface area (Å²) in [5.74, 6) is -0.401. The Kier molecular flexibility index (Phi) is 35.7. The lowest BCUT2D eigenvalue weighted by molar-refractivity contribution is -0.301. The van der Waals surface area contributed by atoms with Gasteiger partial charge in [-0.1, -0.05) is 172 Å². The summed E-state index contributed by atoms with van der Waals surface area (Å²) >= 11 is 0. The van der Waals surface area contributed by atoms with E-state index in [0.29, 0.717) is 13.0 Å². The third-order valence-corrected chi connectivity index (χ3v) is 11.0. The van der Waals surface area contributed by atoms with Gasteiger partial charge in [0.25, 0.3) is 0 Å². The van der Waals surface area contributed by atoms with Crippen LogP contribution >= 0.6 is 0 Å². The Morgan fingerprint density at radius 2 is 1.17 bits per heavy atom. The van der Waals surface area contributed by atoms with Crippen molar-refractivity contribution < 1.29 is 56.2 Å². The zero-order chi connectivity index (χ0) is 43.2. The van der Waals surface area contributed by atoms with E-state index in [2.05, 4.69) is 54.5 Å². The molecule has 0 aromatic heterocycles. The number of carbonyl (C=O) groups excluding carboxylic acids is 1. The third-order valence-electron chi connectivity index (χ3n) is 10.5. The van der Waals surface area contributed by atoms with Crippen LogP contribution < -0.4 is 0 Å². The molecule has 0 spiro atoms. The molecule has 6 unspecified atom stereocenters. The van der Waals surface area contributed by atoms with Gasteiger partial charge in [0.05, 0.1) is 19.8 Å². The van der Waals surface area contributed by atoms with Crippen molar-refractivity contribution in [1.82, 2.24) is 0 Å². The quantitative estimate of drug-likeness (QED) is 0.0199. The van der Waals surface area contributed by atoms with Gasteiger partial charge in [-0.25, -0.2) is 4.18 Å². The minimum absolute atomic E-state index is 0.0331. The molecular formula is C46H84O12S. The van der Waals surface area contributed by atoms with Crippen LogP contribution in [0.4, 0.5) is 0 Å². The van der Waals surface area contributed by atoms with Gasteiger partial charge in [0.2, 0.25) is 0 Å². The number of ether oxygens (including phenoxy) is 4. The fourth-order valence-corrected chi connectivity index (χ4v) is 7.55. The number of hydrogen-bond acceptors (Lipinski definition) is 11. The number of carbonyl (C=O) groups is 1. The van der Waals surface area contributed by atoms with Crippen LogP contribution in [0.1, 0.15) is 187 Å². The predicted molar refractivity (Wildman–Crippen MR) is 234 cm³/mol. The summed E-state index contributed by atoms with van der Waals surface area (Å²) in [6, 6.07) is 0. The average Bonchev–Trinajstić information content (AvgIpc) is 3.20. The zero-order valence-corrected chi connectivity index (χ0v) is 37.6. The van der Waals surface area contributed by atoms with Crippen LogP contribution in [0.15, 0.2) is 36.5 Å². The Balaban J connectivity index is 2.41. The molecule has 0 amide bonds. The van der Waals surface area contributed by atoms with Crippen LogP contribution in [-0.2, 0) is 38.3 Å².